The van der Waals surface area contributed by atoms with Crippen LogP contribution in [0.15, 0.2) is 23.1 Å². The summed E-state index contributed by atoms with van der Waals surface area (Å²) in [5, 5.41) is 0. The topological polar surface area (TPSA) is 22.0 Å². The SMILES string of the molecule is O=c1c(F)cccn1SS. The predicted molar refractivity (Wildman–Crippen MR) is 42.6 cm³/mol. The lowest BCUT2D eigenvalue weighted by molar-refractivity contribution is 0.606. The van der Waals surface area contributed by atoms with E-state index in [4.69, 9.17) is 0 Å². The van der Waals surface area contributed by atoms with Gasteiger partial charge in [-0.25, -0.2) is 8.36 Å². The van der Waals surface area contributed by atoms with Crippen molar-refractivity contribution in [3.63, 3.8) is 0 Å². The van der Waals surface area contributed by atoms with Crippen LogP contribution < -0.4 is 5.56 Å². The van der Waals surface area contributed by atoms with Gasteiger partial charge in [-0.15, -0.1) is 0 Å². The number of nitrogens with zero attached hydrogens (tertiary/aromatic N) is 1. The number of aromatic nitrogens is 1. The molecule has 0 aliphatic carbocycles. The average molecular weight is 177 g/mol. The highest BCUT2D eigenvalue weighted by atomic mass is 33.1. The van der Waals surface area contributed by atoms with E-state index in [2.05, 4.69) is 11.7 Å². The lowest BCUT2D eigenvalue weighted by atomic mass is 10.5. The van der Waals surface area contributed by atoms with Gasteiger partial charge in [0.25, 0.3) is 5.56 Å². The molecule has 0 radical (unpaired) electrons. The van der Waals surface area contributed by atoms with E-state index < -0.39 is 11.4 Å². The van der Waals surface area contributed by atoms with Crippen molar-refractivity contribution in [1.29, 1.82) is 0 Å². The lowest BCUT2D eigenvalue weighted by Crippen LogP contribution is -2.15. The number of halogens is 1. The number of thiol groups is 1. The summed E-state index contributed by atoms with van der Waals surface area (Å²) in [6.45, 7) is 0. The van der Waals surface area contributed by atoms with Crippen LogP contribution in [0, 0.1) is 5.82 Å². The first-order valence-corrected chi connectivity index (χ1v) is 4.27. The van der Waals surface area contributed by atoms with Gasteiger partial charge in [0, 0.05) is 17.2 Å². The zero-order valence-electron chi connectivity index (χ0n) is 4.82. The van der Waals surface area contributed by atoms with Crippen molar-refractivity contribution in [2.45, 2.75) is 0 Å². The molecule has 0 atom stereocenters. The predicted octanol–water partition coefficient (Wildman–Crippen LogP) is 1.33. The molecule has 2 nitrogen and oxygen atoms in total. The Morgan fingerprint density at radius 1 is 1.70 bits per heavy atom. The van der Waals surface area contributed by atoms with Crippen LogP contribution in [-0.2, 0) is 0 Å². The molecule has 54 valence electrons. The Labute approximate surface area is 66.0 Å². The van der Waals surface area contributed by atoms with E-state index in [0.29, 0.717) is 0 Å². The van der Waals surface area contributed by atoms with Crippen LogP contribution >= 0.6 is 22.6 Å². The molecular weight excluding hydrogens is 173 g/mol. The van der Waals surface area contributed by atoms with Gasteiger partial charge in [-0.3, -0.25) is 4.79 Å². The highest BCUT2D eigenvalue weighted by Crippen LogP contribution is 2.05. The molecule has 0 bridgehead atoms. The first-order valence-electron chi connectivity index (χ1n) is 2.45. The molecule has 10 heavy (non-hydrogen) atoms. The van der Waals surface area contributed by atoms with Gasteiger partial charge in [0.15, 0.2) is 5.82 Å². The van der Waals surface area contributed by atoms with Gasteiger partial charge in [-0.05, 0) is 12.1 Å². The minimum absolute atomic E-state index is 0.664. The minimum atomic E-state index is -0.760. The fraction of sp³-hybridized carbons (Fsp3) is 0. The standard InChI is InChI=1S/C5H4FNOS2/c6-4-2-1-3-7(10-9)5(4)8/h1-3,9H. The third-order valence-corrected chi connectivity index (χ3v) is 1.95. The molecule has 1 heterocycles. The monoisotopic (exact) mass is 177 g/mol. The first-order chi connectivity index (χ1) is 4.75. The van der Waals surface area contributed by atoms with E-state index in [0.717, 1.165) is 21.0 Å². The highest BCUT2D eigenvalue weighted by molar-refractivity contribution is 8.67. The van der Waals surface area contributed by atoms with Crippen molar-refractivity contribution >= 4 is 22.6 Å². The van der Waals surface area contributed by atoms with E-state index in [1.165, 1.54) is 12.3 Å². The summed E-state index contributed by atoms with van der Waals surface area (Å²) < 4.78 is 13.5. The number of hydrogen-bond donors (Lipinski definition) is 1. The second kappa shape index (κ2) is 3.12. The molecule has 0 aromatic carbocycles. The number of rotatable bonds is 1. The van der Waals surface area contributed by atoms with E-state index in [1.54, 1.807) is 0 Å². The number of pyridine rings is 1. The second-order valence-electron chi connectivity index (χ2n) is 1.57. The minimum Gasteiger partial charge on any atom is -0.265 e. The van der Waals surface area contributed by atoms with Crippen molar-refractivity contribution in [2.24, 2.45) is 0 Å². The van der Waals surface area contributed by atoms with E-state index >= 15 is 0 Å². The van der Waals surface area contributed by atoms with Crippen LogP contribution in [0.25, 0.3) is 0 Å². The van der Waals surface area contributed by atoms with Gasteiger partial charge in [0.1, 0.15) is 0 Å². The zero-order valence-corrected chi connectivity index (χ0v) is 6.53. The molecule has 0 unspecified atom stereocenters. The van der Waals surface area contributed by atoms with Crippen LogP contribution in [0.3, 0.4) is 0 Å². The van der Waals surface area contributed by atoms with Gasteiger partial charge < -0.3 is 0 Å². The average Bonchev–Trinajstić information content (AvgIpc) is 1.95. The van der Waals surface area contributed by atoms with Gasteiger partial charge in [0.2, 0.25) is 0 Å². The van der Waals surface area contributed by atoms with Crippen molar-refractivity contribution < 1.29 is 4.39 Å². The molecule has 0 spiro atoms. The molecule has 0 fully saturated rings. The molecule has 1 rings (SSSR count). The molecule has 1 aromatic rings. The van der Waals surface area contributed by atoms with Gasteiger partial charge in [-0.1, -0.05) is 11.7 Å². The molecule has 0 N–H and O–H groups in total. The lowest BCUT2D eigenvalue weighted by Gasteiger charge is -1.95. The first kappa shape index (κ1) is 7.68. The van der Waals surface area contributed by atoms with Crippen LogP contribution in [0.4, 0.5) is 4.39 Å². The summed E-state index contributed by atoms with van der Waals surface area (Å²) in [5.74, 6) is -0.760. The molecule has 0 saturated heterocycles. The van der Waals surface area contributed by atoms with Gasteiger partial charge in [0.05, 0.1) is 0 Å². The van der Waals surface area contributed by atoms with Crippen LogP contribution in [0.5, 0.6) is 0 Å². The smallest absolute Gasteiger partial charge is 0.265 e. The maximum absolute atomic E-state index is 12.4. The van der Waals surface area contributed by atoms with Crippen molar-refractivity contribution in [3.8, 4) is 0 Å². The quantitative estimate of drug-likeness (QED) is 0.516. The molecule has 0 amide bonds. The fourth-order valence-electron chi connectivity index (χ4n) is 0.514. The normalized spacial score (nSPS) is 9.80. The third-order valence-electron chi connectivity index (χ3n) is 0.956. The summed E-state index contributed by atoms with van der Waals surface area (Å²) in [7, 11) is 0.868. The Morgan fingerprint density at radius 2 is 2.40 bits per heavy atom. The van der Waals surface area contributed by atoms with Crippen molar-refractivity contribution in [1.82, 2.24) is 3.97 Å². The summed E-state index contributed by atoms with van der Waals surface area (Å²) in [5.41, 5.74) is -0.664. The van der Waals surface area contributed by atoms with E-state index in [-0.39, 0.29) is 0 Å². The van der Waals surface area contributed by atoms with Crippen LogP contribution in [-0.4, -0.2) is 3.97 Å². The maximum Gasteiger partial charge on any atom is 0.297 e. The number of hydrogen-bond acceptors (Lipinski definition) is 3. The molecule has 1 aromatic heterocycles. The summed E-state index contributed by atoms with van der Waals surface area (Å²) in [4.78, 5) is 10.7. The van der Waals surface area contributed by atoms with Crippen LogP contribution in [0.1, 0.15) is 0 Å². The summed E-state index contributed by atoms with van der Waals surface area (Å²) in [6.07, 6.45) is 1.45. The fourth-order valence-corrected chi connectivity index (χ4v) is 1.19. The van der Waals surface area contributed by atoms with Gasteiger partial charge in [-0.2, -0.15) is 0 Å². The molecular formula is C5H4FNOS2. The molecule has 5 heteroatoms. The van der Waals surface area contributed by atoms with Crippen LogP contribution in [0.2, 0.25) is 0 Å². The molecule has 0 aliphatic heterocycles. The molecule has 0 aliphatic rings. The Kier molecular flexibility index (Phi) is 2.39. The third kappa shape index (κ3) is 1.35. The Morgan fingerprint density at radius 3 is 2.90 bits per heavy atom. The highest BCUT2D eigenvalue weighted by Gasteiger charge is 1.98. The van der Waals surface area contributed by atoms with E-state index in [1.807, 2.05) is 0 Å². The summed E-state index contributed by atoms with van der Waals surface area (Å²) in [6, 6.07) is 2.56. The Bertz CT molecular complexity index is 285. The van der Waals surface area contributed by atoms with Gasteiger partial charge >= 0.3 is 0 Å². The Hall–Kier alpha value is -0.420. The maximum atomic E-state index is 12.4. The summed E-state index contributed by atoms with van der Waals surface area (Å²) >= 11 is 3.74. The molecule has 0 saturated carbocycles. The second-order valence-corrected chi connectivity index (χ2v) is 2.62. The largest absolute Gasteiger partial charge is 0.297 e. The Balaban J connectivity index is 3.28. The zero-order chi connectivity index (χ0) is 7.56. The van der Waals surface area contributed by atoms with Crippen molar-refractivity contribution in [3.05, 3.63) is 34.5 Å². The van der Waals surface area contributed by atoms with Crippen molar-refractivity contribution in [2.75, 3.05) is 0 Å². The van der Waals surface area contributed by atoms with E-state index in [9.17, 15) is 9.18 Å².